The molecule has 0 spiro atoms. The van der Waals surface area contributed by atoms with Crippen LogP contribution >= 0.6 is 11.3 Å². The third-order valence-electron chi connectivity index (χ3n) is 2.71. The summed E-state index contributed by atoms with van der Waals surface area (Å²) in [7, 11) is 4.20. The third-order valence-corrected chi connectivity index (χ3v) is 4.07. The topological polar surface area (TPSA) is 15.3 Å². The number of thiophene rings is 1. The molecule has 1 aromatic heterocycles. The maximum absolute atomic E-state index is 3.58. The molecule has 1 N–H and O–H groups in total. The van der Waals surface area contributed by atoms with Crippen LogP contribution in [0.15, 0.2) is 12.1 Å². The quantitative estimate of drug-likeness (QED) is 0.807. The standard InChI is InChI=1S/C11H18N2S/c1-13(2)11-7-6-10(14-11)9-5-3-4-8-12-9/h6-7,9,12H,3-5,8H2,1-2H3. The van der Waals surface area contributed by atoms with Gasteiger partial charge < -0.3 is 10.2 Å². The zero-order valence-electron chi connectivity index (χ0n) is 8.92. The van der Waals surface area contributed by atoms with Gasteiger partial charge in [-0.2, -0.15) is 0 Å². The zero-order valence-corrected chi connectivity index (χ0v) is 9.73. The number of anilines is 1. The third kappa shape index (κ3) is 2.10. The summed E-state index contributed by atoms with van der Waals surface area (Å²) in [6.07, 6.45) is 4.00. The summed E-state index contributed by atoms with van der Waals surface area (Å²) in [5, 5.41) is 4.93. The van der Waals surface area contributed by atoms with Crippen LogP contribution < -0.4 is 10.2 Å². The van der Waals surface area contributed by atoms with Gasteiger partial charge in [0.05, 0.1) is 5.00 Å². The molecule has 2 rings (SSSR count). The number of piperidine rings is 1. The Morgan fingerprint density at radius 3 is 2.79 bits per heavy atom. The summed E-state index contributed by atoms with van der Waals surface area (Å²) in [5.74, 6) is 0. The monoisotopic (exact) mass is 210 g/mol. The lowest BCUT2D eigenvalue weighted by molar-refractivity contribution is 0.417. The molecule has 2 nitrogen and oxygen atoms in total. The Hall–Kier alpha value is -0.540. The maximum atomic E-state index is 3.58. The number of hydrogen-bond acceptors (Lipinski definition) is 3. The molecule has 1 unspecified atom stereocenters. The van der Waals surface area contributed by atoms with Crippen LogP contribution in [0.1, 0.15) is 30.2 Å². The van der Waals surface area contributed by atoms with Gasteiger partial charge in [-0.1, -0.05) is 6.42 Å². The predicted molar refractivity (Wildman–Crippen MR) is 63.2 cm³/mol. The molecule has 0 aliphatic carbocycles. The van der Waals surface area contributed by atoms with Crippen LogP contribution in [0, 0.1) is 0 Å². The summed E-state index contributed by atoms with van der Waals surface area (Å²) in [4.78, 5) is 3.67. The van der Waals surface area contributed by atoms with Crippen molar-refractivity contribution in [1.29, 1.82) is 0 Å². The lowest BCUT2D eigenvalue weighted by Crippen LogP contribution is -2.25. The first kappa shape index (κ1) is 9.99. The van der Waals surface area contributed by atoms with Gasteiger partial charge in [0, 0.05) is 25.0 Å². The van der Waals surface area contributed by atoms with Crippen LogP contribution in [0.2, 0.25) is 0 Å². The fourth-order valence-electron chi connectivity index (χ4n) is 1.86. The SMILES string of the molecule is CN(C)c1ccc(C2CCCCN2)s1. The highest BCUT2D eigenvalue weighted by atomic mass is 32.1. The average molecular weight is 210 g/mol. The van der Waals surface area contributed by atoms with Crippen molar-refractivity contribution in [3.05, 3.63) is 17.0 Å². The van der Waals surface area contributed by atoms with Gasteiger partial charge in [-0.3, -0.25) is 0 Å². The molecule has 0 amide bonds. The Labute approximate surface area is 89.9 Å². The van der Waals surface area contributed by atoms with Gasteiger partial charge in [-0.15, -0.1) is 11.3 Å². The Morgan fingerprint density at radius 1 is 1.36 bits per heavy atom. The minimum atomic E-state index is 0.613. The van der Waals surface area contributed by atoms with E-state index in [1.54, 1.807) is 0 Å². The Morgan fingerprint density at radius 2 is 2.21 bits per heavy atom. The van der Waals surface area contributed by atoms with Crippen molar-refractivity contribution in [3.8, 4) is 0 Å². The van der Waals surface area contributed by atoms with Crippen molar-refractivity contribution in [2.24, 2.45) is 0 Å². The van der Waals surface area contributed by atoms with Gasteiger partial charge in [0.25, 0.3) is 0 Å². The van der Waals surface area contributed by atoms with Crippen LogP contribution in [0.25, 0.3) is 0 Å². The van der Waals surface area contributed by atoms with Gasteiger partial charge in [-0.05, 0) is 31.5 Å². The second-order valence-electron chi connectivity index (χ2n) is 4.07. The summed E-state index contributed by atoms with van der Waals surface area (Å²) >= 11 is 1.91. The minimum absolute atomic E-state index is 0.613. The van der Waals surface area contributed by atoms with Gasteiger partial charge in [0.2, 0.25) is 0 Å². The Bertz CT molecular complexity index is 287. The molecule has 0 aromatic carbocycles. The molecule has 0 bridgehead atoms. The molecule has 1 aromatic rings. The van der Waals surface area contributed by atoms with Crippen molar-refractivity contribution >= 4 is 16.3 Å². The first-order chi connectivity index (χ1) is 6.77. The first-order valence-electron chi connectivity index (χ1n) is 5.28. The first-order valence-corrected chi connectivity index (χ1v) is 6.09. The van der Waals surface area contributed by atoms with E-state index in [9.17, 15) is 0 Å². The van der Waals surface area contributed by atoms with Gasteiger partial charge in [0.1, 0.15) is 0 Å². The molecule has 3 heteroatoms. The van der Waals surface area contributed by atoms with E-state index in [0.717, 1.165) is 0 Å². The van der Waals surface area contributed by atoms with E-state index in [1.165, 1.54) is 35.7 Å². The summed E-state index contributed by atoms with van der Waals surface area (Å²) in [6, 6.07) is 5.10. The van der Waals surface area contributed by atoms with E-state index in [1.807, 2.05) is 11.3 Å². The van der Waals surface area contributed by atoms with Crippen molar-refractivity contribution in [1.82, 2.24) is 5.32 Å². The Kier molecular flexibility index (Phi) is 3.08. The van der Waals surface area contributed by atoms with Gasteiger partial charge >= 0.3 is 0 Å². The highest BCUT2D eigenvalue weighted by Crippen LogP contribution is 2.32. The van der Waals surface area contributed by atoms with Crippen LogP contribution in [0.5, 0.6) is 0 Å². The van der Waals surface area contributed by atoms with E-state index in [4.69, 9.17) is 0 Å². The molecule has 1 saturated heterocycles. The van der Waals surface area contributed by atoms with Crippen LogP contribution in [0.3, 0.4) is 0 Å². The second-order valence-corrected chi connectivity index (χ2v) is 5.17. The molecule has 78 valence electrons. The summed E-state index contributed by atoms with van der Waals surface area (Å²) in [6.45, 7) is 1.18. The molecule has 2 heterocycles. The fourth-order valence-corrected chi connectivity index (χ4v) is 2.90. The summed E-state index contributed by atoms with van der Waals surface area (Å²) < 4.78 is 0. The van der Waals surface area contributed by atoms with Crippen molar-refractivity contribution in [2.45, 2.75) is 25.3 Å². The van der Waals surface area contributed by atoms with E-state index in [-0.39, 0.29) is 0 Å². The lowest BCUT2D eigenvalue weighted by Gasteiger charge is -2.22. The van der Waals surface area contributed by atoms with Gasteiger partial charge in [-0.25, -0.2) is 0 Å². The van der Waals surface area contributed by atoms with Crippen LogP contribution in [0.4, 0.5) is 5.00 Å². The lowest BCUT2D eigenvalue weighted by atomic mass is 10.0. The molecule has 0 radical (unpaired) electrons. The number of rotatable bonds is 2. The van der Waals surface area contributed by atoms with E-state index in [2.05, 4.69) is 36.4 Å². The number of nitrogens with one attached hydrogen (secondary N) is 1. The fraction of sp³-hybridized carbons (Fsp3) is 0.636. The number of hydrogen-bond donors (Lipinski definition) is 1. The summed E-state index contributed by atoms with van der Waals surface area (Å²) in [5.41, 5.74) is 0. The van der Waals surface area contributed by atoms with Crippen molar-refractivity contribution < 1.29 is 0 Å². The average Bonchev–Trinajstić information content (AvgIpc) is 2.68. The highest BCUT2D eigenvalue weighted by Gasteiger charge is 2.16. The number of nitrogens with zero attached hydrogens (tertiary/aromatic N) is 1. The van der Waals surface area contributed by atoms with Crippen LogP contribution in [-0.2, 0) is 0 Å². The van der Waals surface area contributed by atoms with Crippen LogP contribution in [-0.4, -0.2) is 20.6 Å². The predicted octanol–water partition coefficient (Wildman–Crippen LogP) is 2.63. The minimum Gasteiger partial charge on any atom is -0.370 e. The molecular weight excluding hydrogens is 192 g/mol. The second kappa shape index (κ2) is 4.32. The van der Waals surface area contributed by atoms with E-state index < -0.39 is 0 Å². The zero-order chi connectivity index (χ0) is 9.97. The normalized spacial score (nSPS) is 22.3. The maximum Gasteiger partial charge on any atom is 0.0906 e. The molecule has 1 atom stereocenters. The van der Waals surface area contributed by atoms with Gasteiger partial charge in [0.15, 0.2) is 0 Å². The highest BCUT2D eigenvalue weighted by molar-refractivity contribution is 7.16. The molecule has 1 fully saturated rings. The molecule has 1 aliphatic heterocycles. The van der Waals surface area contributed by atoms with Crippen molar-refractivity contribution in [3.63, 3.8) is 0 Å². The Balaban J connectivity index is 2.07. The smallest absolute Gasteiger partial charge is 0.0906 e. The van der Waals surface area contributed by atoms with E-state index >= 15 is 0 Å². The van der Waals surface area contributed by atoms with E-state index in [0.29, 0.717) is 6.04 Å². The van der Waals surface area contributed by atoms with Crippen molar-refractivity contribution in [2.75, 3.05) is 25.5 Å². The molecule has 1 aliphatic rings. The largest absolute Gasteiger partial charge is 0.370 e. The molecular formula is C11H18N2S. The molecule has 14 heavy (non-hydrogen) atoms. The molecule has 0 saturated carbocycles.